The monoisotopic (exact) mass is 502 g/mol. The molecule has 0 unspecified atom stereocenters. The molecule has 1 heterocycles. The Bertz CT molecular complexity index is 765. The SMILES string of the molecule is COc1ccc(NC(N)=NCc2cc(Cl)ccc2N2CCOCC2)cc1.I. The molecule has 0 saturated carbocycles. The third kappa shape index (κ3) is 6.15. The molecule has 3 N–H and O–H groups in total. The highest BCUT2D eigenvalue weighted by molar-refractivity contribution is 14.0. The summed E-state index contributed by atoms with van der Waals surface area (Å²) in [4.78, 5) is 6.75. The molecule has 0 spiro atoms. The maximum absolute atomic E-state index is 6.18. The smallest absolute Gasteiger partial charge is 0.193 e. The van der Waals surface area contributed by atoms with E-state index >= 15 is 0 Å². The van der Waals surface area contributed by atoms with Crippen LogP contribution in [-0.4, -0.2) is 39.4 Å². The van der Waals surface area contributed by atoms with E-state index in [2.05, 4.69) is 15.2 Å². The van der Waals surface area contributed by atoms with Gasteiger partial charge in [0.15, 0.2) is 5.96 Å². The molecule has 6 nitrogen and oxygen atoms in total. The van der Waals surface area contributed by atoms with Gasteiger partial charge in [-0.25, -0.2) is 4.99 Å². The average Bonchev–Trinajstić information content (AvgIpc) is 2.68. The normalized spacial score (nSPS) is 14.4. The number of hydrogen-bond acceptors (Lipinski definition) is 4. The number of hydrogen-bond donors (Lipinski definition) is 2. The summed E-state index contributed by atoms with van der Waals surface area (Å²) < 4.78 is 10.6. The fourth-order valence-electron chi connectivity index (χ4n) is 2.83. The van der Waals surface area contributed by atoms with Crippen LogP contribution < -0.4 is 20.7 Å². The fraction of sp³-hybridized carbons (Fsp3) is 0.316. The van der Waals surface area contributed by atoms with E-state index in [4.69, 9.17) is 26.8 Å². The van der Waals surface area contributed by atoms with E-state index in [-0.39, 0.29) is 24.0 Å². The lowest BCUT2D eigenvalue weighted by Crippen LogP contribution is -2.36. The minimum absolute atomic E-state index is 0. The van der Waals surface area contributed by atoms with Crippen molar-refractivity contribution >= 4 is 52.9 Å². The van der Waals surface area contributed by atoms with Gasteiger partial charge in [0, 0.05) is 29.5 Å². The van der Waals surface area contributed by atoms with Crippen LogP contribution in [-0.2, 0) is 11.3 Å². The van der Waals surface area contributed by atoms with Crippen molar-refractivity contribution in [3.05, 3.63) is 53.1 Å². The summed E-state index contributed by atoms with van der Waals surface area (Å²) >= 11 is 6.18. The topological polar surface area (TPSA) is 72.1 Å². The van der Waals surface area contributed by atoms with Crippen molar-refractivity contribution in [3.63, 3.8) is 0 Å². The molecular formula is C19H24ClIN4O2. The standard InChI is InChI=1S/C19H23ClN4O2.HI/c1-25-17-5-3-16(4-6-17)23-19(21)22-13-14-12-15(20)2-7-18(14)24-8-10-26-11-9-24;/h2-7,12H,8-11,13H2,1H3,(H3,21,22,23);1H. The molecule has 1 saturated heterocycles. The number of benzene rings is 2. The summed E-state index contributed by atoms with van der Waals surface area (Å²) in [6.45, 7) is 3.62. The highest BCUT2D eigenvalue weighted by Crippen LogP contribution is 2.26. The van der Waals surface area contributed by atoms with Gasteiger partial charge in [0.1, 0.15) is 5.75 Å². The first-order chi connectivity index (χ1) is 12.7. The lowest BCUT2D eigenvalue weighted by atomic mass is 10.1. The minimum atomic E-state index is 0. The Hall–Kier alpha value is -1.71. The molecule has 0 aromatic heterocycles. The number of guanidine groups is 1. The molecule has 1 fully saturated rings. The molecule has 0 aliphatic carbocycles. The molecule has 2 aromatic rings. The Morgan fingerprint density at radius 3 is 2.59 bits per heavy atom. The van der Waals surface area contributed by atoms with Crippen molar-refractivity contribution in [2.75, 3.05) is 43.6 Å². The van der Waals surface area contributed by atoms with Crippen LogP contribution in [0, 0.1) is 0 Å². The third-order valence-corrected chi connectivity index (χ3v) is 4.41. The van der Waals surface area contributed by atoms with Crippen molar-refractivity contribution in [2.24, 2.45) is 10.7 Å². The van der Waals surface area contributed by atoms with Gasteiger partial charge in [-0.2, -0.15) is 0 Å². The number of aliphatic imine (C=N–C) groups is 1. The second-order valence-corrected chi connectivity index (χ2v) is 6.36. The van der Waals surface area contributed by atoms with Gasteiger partial charge in [0.25, 0.3) is 0 Å². The second kappa shape index (κ2) is 10.6. The lowest BCUT2D eigenvalue weighted by molar-refractivity contribution is 0.122. The molecule has 0 atom stereocenters. The summed E-state index contributed by atoms with van der Waals surface area (Å²) in [5.41, 5.74) is 9.05. The van der Waals surface area contributed by atoms with Crippen LogP contribution in [0.25, 0.3) is 0 Å². The Balaban J connectivity index is 0.00000261. The number of methoxy groups -OCH3 is 1. The molecule has 0 radical (unpaired) electrons. The average molecular weight is 503 g/mol. The highest BCUT2D eigenvalue weighted by Gasteiger charge is 2.15. The van der Waals surface area contributed by atoms with Crippen LogP contribution in [0.1, 0.15) is 5.56 Å². The van der Waals surface area contributed by atoms with Crippen molar-refractivity contribution in [1.29, 1.82) is 0 Å². The highest BCUT2D eigenvalue weighted by atomic mass is 127. The lowest BCUT2D eigenvalue weighted by Gasteiger charge is -2.30. The maximum atomic E-state index is 6.18. The van der Waals surface area contributed by atoms with Gasteiger partial charge in [0.05, 0.1) is 26.9 Å². The van der Waals surface area contributed by atoms with Crippen molar-refractivity contribution in [1.82, 2.24) is 0 Å². The van der Waals surface area contributed by atoms with Crippen molar-refractivity contribution in [3.8, 4) is 5.75 Å². The molecule has 3 rings (SSSR count). The van der Waals surface area contributed by atoms with E-state index in [0.29, 0.717) is 17.5 Å². The van der Waals surface area contributed by atoms with Crippen LogP contribution in [0.5, 0.6) is 5.75 Å². The van der Waals surface area contributed by atoms with Gasteiger partial charge in [-0.3, -0.25) is 0 Å². The summed E-state index contributed by atoms with van der Waals surface area (Å²) in [5.74, 6) is 1.14. The molecule has 0 bridgehead atoms. The molecule has 8 heteroatoms. The summed E-state index contributed by atoms with van der Waals surface area (Å²) in [6, 6.07) is 13.4. The van der Waals surface area contributed by atoms with Crippen LogP contribution in [0.15, 0.2) is 47.5 Å². The fourth-order valence-corrected chi connectivity index (χ4v) is 3.02. The molecule has 27 heavy (non-hydrogen) atoms. The van der Waals surface area contributed by atoms with Gasteiger partial charge >= 0.3 is 0 Å². The predicted octanol–water partition coefficient (Wildman–Crippen LogP) is 3.73. The van der Waals surface area contributed by atoms with Gasteiger partial charge < -0.3 is 25.4 Å². The van der Waals surface area contributed by atoms with E-state index < -0.39 is 0 Å². The number of halogens is 2. The van der Waals surface area contributed by atoms with Crippen LogP contribution in [0.4, 0.5) is 11.4 Å². The zero-order valence-electron chi connectivity index (χ0n) is 15.2. The van der Waals surface area contributed by atoms with Gasteiger partial charge in [-0.1, -0.05) is 11.6 Å². The summed E-state index contributed by atoms with van der Waals surface area (Å²) in [7, 11) is 1.63. The van der Waals surface area contributed by atoms with Crippen LogP contribution in [0.2, 0.25) is 5.02 Å². The van der Waals surface area contributed by atoms with Crippen molar-refractivity contribution < 1.29 is 9.47 Å². The Morgan fingerprint density at radius 1 is 1.22 bits per heavy atom. The Morgan fingerprint density at radius 2 is 1.93 bits per heavy atom. The zero-order chi connectivity index (χ0) is 18.4. The van der Waals surface area contributed by atoms with E-state index in [9.17, 15) is 0 Å². The number of nitrogens with zero attached hydrogens (tertiary/aromatic N) is 2. The van der Waals surface area contributed by atoms with E-state index in [1.54, 1.807) is 7.11 Å². The van der Waals surface area contributed by atoms with Crippen LogP contribution in [0.3, 0.4) is 0 Å². The number of morpholine rings is 1. The van der Waals surface area contributed by atoms with E-state index in [1.807, 2.05) is 42.5 Å². The van der Waals surface area contributed by atoms with Crippen molar-refractivity contribution in [2.45, 2.75) is 6.54 Å². The molecule has 0 amide bonds. The van der Waals surface area contributed by atoms with E-state index in [1.165, 1.54) is 0 Å². The van der Waals surface area contributed by atoms with E-state index in [0.717, 1.165) is 49.0 Å². The second-order valence-electron chi connectivity index (χ2n) is 5.93. The quantitative estimate of drug-likeness (QED) is 0.370. The number of ether oxygens (including phenoxy) is 2. The maximum Gasteiger partial charge on any atom is 0.193 e. The molecule has 1 aliphatic rings. The number of nitrogens with one attached hydrogen (secondary N) is 1. The summed E-state index contributed by atoms with van der Waals surface area (Å²) in [6.07, 6.45) is 0. The molecule has 2 aromatic carbocycles. The van der Waals surface area contributed by atoms with Crippen LogP contribution >= 0.6 is 35.6 Å². The Labute approximate surface area is 181 Å². The summed E-state index contributed by atoms with van der Waals surface area (Å²) in [5, 5.41) is 3.77. The first kappa shape index (κ1) is 21.6. The Kier molecular flexibility index (Phi) is 8.46. The number of rotatable bonds is 5. The molecular weight excluding hydrogens is 479 g/mol. The first-order valence-electron chi connectivity index (χ1n) is 8.48. The first-order valence-corrected chi connectivity index (χ1v) is 8.85. The number of nitrogens with two attached hydrogens (primary N) is 1. The van der Waals surface area contributed by atoms with Gasteiger partial charge in [-0.15, -0.1) is 24.0 Å². The largest absolute Gasteiger partial charge is 0.497 e. The third-order valence-electron chi connectivity index (χ3n) is 4.18. The minimum Gasteiger partial charge on any atom is -0.497 e. The van der Waals surface area contributed by atoms with Gasteiger partial charge in [-0.05, 0) is 48.0 Å². The zero-order valence-corrected chi connectivity index (χ0v) is 18.2. The molecule has 146 valence electrons. The number of anilines is 2. The molecule has 1 aliphatic heterocycles. The van der Waals surface area contributed by atoms with Gasteiger partial charge in [0.2, 0.25) is 0 Å². The predicted molar refractivity (Wildman–Crippen MR) is 122 cm³/mol.